The minimum Gasteiger partial charge on any atom is -0.205 e. The molecule has 0 aromatic heterocycles. The summed E-state index contributed by atoms with van der Waals surface area (Å²) < 4.78 is 13.4. The molecule has 0 heterocycles. The highest BCUT2D eigenvalue weighted by Gasteiger charge is 2.08. The van der Waals surface area contributed by atoms with Gasteiger partial charge < -0.3 is 0 Å². The lowest BCUT2D eigenvalue weighted by atomic mass is 9.99. The zero-order valence-corrected chi connectivity index (χ0v) is 8.74. The molecule has 0 unspecified atom stereocenters. The molecule has 72 valence electrons. The molecular formula is C11H14ClF. The van der Waals surface area contributed by atoms with Crippen LogP contribution in [0.4, 0.5) is 4.39 Å². The number of hydrogen-bond acceptors (Lipinski definition) is 0. The summed E-state index contributed by atoms with van der Waals surface area (Å²) in [5.74, 6) is 0.248. The Bertz CT molecular complexity index is 283. The van der Waals surface area contributed by atoms with Crippen LogP contribution in [0, 0.1) is 11.7 Å². The summed E-state index contributed by atoms with van der Waals surface area (Å²) in [5, 5.41) is 0.223. The highest BCUT2D eigenvalue weighted by molar-refractivity contribution is 6.30. The Hall–Kier alpha value is -0.560. The normalized spacial score (nSPS) is 12.9. The molecule has 0 aliphatic heterocycles. The lowest BCUT2D eigenvalue weighted by Crippen LogP contribution is -2.00. The third-order valence-electron chi connectivity index (χ3n) is 2.30. The Kier molecular flexibility index (Phi) is 3.73. The zero-order chi connectivity index (χ0) is 9.84. The first-order valence-corrected chi connectivity index (χ1v) is 4.95. The van der Waals surface area contributed by atoms with Crippen molar-refractivity contribution in [3.63, 3.8) is 0 Å². The van der Waals surface area contributed by atoms with Gasteiger partial charge in [-0.2, -0.15) is 0 Å². The largest absolute Gasteiger partial charge is 0.205 e. The Morgan fingerprint density at radius 1 is 1.46 bits per heavy atom. The van der Waals surface area contributed by atoms with Crippen molar-refractivity contribution in [2.75, 3.05) is 0 Å². The predicted molar refractivity (Wildman–Crippen MR) is 54.6 cm³/mol. The van der Waals surface area contributed by atoms with E-state index < -0.39 is 0 Å². The Morgan fingerprint density at radius 3 is 2.77 bits per heavy atom. The molecule has 0 fully saturated rings. The molecule has 13 heavy (non-hydrogen) atoms. The average Bonchev–Trinajstić information content (AvgIpc) is 2.13. The second kappa shape index (κ2) is 4.61. The van der Waals surface area contributed by atoms with E-state index in [1.54, 1.807) is 18.2 Å². The standard InChI is InChI=1S/C11H14ClF/c1-3-8(2)7-9-5-4-6-10(12)11(9)13/h4-6,8H,3,7H2,1-2H3/t8-/m1/s1. The number of halogens is 2. The molecule has 0 spiro atoms. The van der Waals surface area contributed by atoms with Gasteiger partial charge >= 0.3 is 0 Å². The molecule has 1 rings (SSSR count). The van der Waals surface area contributed by atoms with Crippen molar-refractivity contribution in [1.29, 1.82) is 0 Å². The van der Waals surface area contributed by atoms with Gasteiger partial charge in [-0.05, 0) is 24.0 Å². The van der Waals surface area contributed by atoms with Crippen molar-refractivity contribution >= 4 is 11.6 Å². The molecule has 0 aliphatic rings. The van der Waals surface area contributed by atoms with Gasteiger partial charge in [0.2, 0.25) is 0 Å². The van der Waals surface area contributed by atoms with Crippen molar-refractivity contribution < 1.29 is 4.39 Å². The smallest absolute Gasteiger partial charge is 0.144 e. The molecule has 0 amide bonds. The summed E-state index contributed by atoms with van der Waals surface area (Å²) in [6.45, 7) is 4.22. The van der Waals surface area contributed by atoms with E-state index in [2.05, 4.69) is 13.8 Å². The SMILES string of the molecule is CC[C@@H](C)Cc1cccc(Cl)c1F. The van der Waals surface area contributed by atoms with Gasteiger partial charge in [0.25, 0.3) is 0 Å². The summed E-state index contributed by atoms with van der Waals surface area (Å²) in [7, 11) is 0. The van der Waals surface area contributed by atoms with Crippen LogP contribution in [0.1, 0.15) is 25.8 Å². The lowest BCUT2D eigenvalue weighted by molar-refractivity contribution is 0.531. The lowest BCUT2D eigenvalue weighted by Gasteiger charge is -2.09. The van der Waals surface area contributed by atoms with Gasteiger partial charge in [0.15, 0.2) is 0 Å². The first-order valence-electron chi connectivity index (χ1n) is 4.58. The van der Waals surface area contributed by atoms with Crippen LogP contribution in [0.15, 0.2) is 18.2 Å². The van der Waals surface area contributed by atoms with Crippen LogP contribution in [-0.2, 0) is 6.42 Å². The van der Waals surface area contributed by atoms with E-state index in [4.69, 9.17) is 11.6 Å². The Balaban J connectivity index is 2.83. The van der Waals surface area contributed by atoms with E-state index in [1.165, 1.54) is 0 Å². The minimum atomic E-state index is -0.260. The molecule has 1 atom stereocenters. The fraction of sp³-hybridized carbons (Fsp3) is 0.455. The van der Waals surface area contributed by atoms with E-state index in [0.29, 0.717) is 5.92 Å². The highest BCUT2D eigenvalue weighted by Crippen LogP contribution is 2.21. The second-order valence-corrected chi connectivity index (χ2v) is 3.84. The van der Waals surface area contributed by atoms with Crippen molar-refractivity contribution in [3.8, 4) is 0 Å². The average molecular weight is 201 g/mol. The first kappa shape index (κ1) is 10.5. The van der Waals surface area contributed by atoms with Gasteiger partial charge in [0, 0.05) is 0 Å². The third kappa shape index (κ3) is 2.70. The monoisotopic (exact) mass is 200 g/mol. The van der Waals surface area contributed by atoms with Crippen molar-refractivity contribution in [1.82, 2.24) is 0 Å². The molecule has 2 heteroatoms. The molecule has 0 aliphatic carbocycles. The Labute approximate surface area is 83.7 Å². The van der Waals surface area contributed by atoms with Crippen LogP contribution in [0.5, 0.6) is 0 Å². The molecule has 0 radical (unpaired) electrons. The van der Waals surface area contributed by atoms with Gasteiger partial charge in [-0.1, -0.05) is 44.0 Å². The van der Waals surface area contributed by atoms with Crippen LogP contribution >= 0.6 is 11.6 Å². The highest BCUT2D eigenvalue weighted by atomic mass is 35.5. The summed E-state index contributed by atoms with van der Waals surface area (Å²) in [5.41, 5.74) is 0.724. The van der Waals surface area contributed by atoms with Gasteiger partial charge in [0.1, 0.15) is 5.82 Å². The van der Waals surface area contributed by atoms with Gasteiger partial charge in [-0.25, -0.2) is 4.39 Å². The first-order chi connectivity index (χ1) is 6.15. The minimum absolute atomic E-state index is 0.223. The van der Waals surface area contributed by atoms with Crippen LogP contribution < -0.4 is 0 Å². The van der Waals surface area contributed by atoms with Gasteiger partial charge in [0.05, 0.1) is 5.02 Å². The second-order valence-electron chi connectivity index (χ2n) is 3.43. The van der Waals surface area contributed by atoms with E-state index in [9.17, 15) is 4.39 Å². The fourth-order valence-electron chi connectivity index (χ4n) is 1.23. The molecule has 0 nitrogen and oxygen atoms in total. The maximum absolute atomic E-state index is 13.4. The van der Waals surface area contributed by atoms with E-state index >= 15 is 0 Å². The molecular weight excluding hydrogens is 187 g/mol. The Morgan fingerprint density at radius 2 is 2.15 bits per heavy atom. The molecule has 0 saturated heterocycles. The van der Waals surface area contributed by atoms with Crippen molar-refractivity contribution in [2.24, 2.45) is 5.92 Å². The maximum Gasteiger partial charge on any atom is 0.144 e. The fourth-order valence-corrected chi connectivity index (χ4v) is 1.42. The van der Waals surface area contributed by atoms with Crippen LogP contribution in [-0.4, -0.2) is 0 Å². The van der Waals surface area contributed by atoms with Crippen LogP contribution in [0.25, 0.3) is 0 Å². The maximum atomic E-state index is 13.4. The number of rotatable bonds is 3. The topological polar surface area (TPSA) is 0 Å². The van der Waals surface area contributed by atoms with E-state index in [1.807, 2.05) is 0 Å². The molecule has 0 saturated carbocycles. The third-order valence-corrected chi connectivity index (χ3v) is 2.59. The molecule has 0 bridgehead atoms. The van der Waals surface area contributed by atoms with Crippen molar-refractivity contribution in [2.45, 2.75) is 26.7 Å². The van der Waals surface area contributed by atoms with E-state index in [0.717, 1.165) is 18.4 Å². The quantitative estimate of drug-likeness (QED) is 0.690. The summed E-state index contributed by atoms with van der Waals surface area (Å²) in [6, 6.07) is 5.17. The van der Waals surface area contributed by atoms with Crippen LogP contribution in [0.2, 0.25) is 5.02 Å². The number of benzene rings is 1. The van der Waals surface area contributed by atoms with Crippen LogP contribution in [0.3, 0.4) is 0 Å². The number of hydrogen-bond donors (Lipinski definition) is 0. The summed E-state index contributed by atoms with van der Waals surface area (Å²) >= 11 is 5.67. The van der Waals surface area contributed by atoms with Gasteiger partial charge in [-0.3, -0.25) is 0 Å². The summed E-state index contributed by atoms with van der Waals surface area (Å²) in [6.07, 6.45) is 1.83. The summed E-state index contributed by atoms with van der Waals surface area (Å²) in [4.78, 5) is 0. The zero-order valence-electron chi connectivity index (χ0n) is 7.98. The van der Waals surface area contributed by atoms with Crippen molar-refractivity contribution in [3.05, 3.63) is 34.6 Å². The molecule has 1 aromatic rings. The van der Waals surface area contributed by atoms with Gasteiger partial charge in [-0.15, -0.1) is 0 Å². The van der Waals surface area contributed by atoms with E-state index in [-0.39, 0.29) is 10.8 Å². The predicted octanol–water partition coefficient (Wildman–Crippen LogP) is 4.07. The molecule has 1 aromatic carbocycles. The molecule has 0 N–H and O–H groups in total.